The summed E-state index contributed by atoms with van der Waals surface area (Å²) in [7, 11) is 0. The van der Waals surface area contributed by atoms with Gasteiger partial charge < -0.3 is 10.2 Å². The second-order valence-corrected chi connectivity index (χ2v) is 3.14. The summed E-state index contributed by atoms with van der Waals surface area (Å²) in [6, 6.07) is 0. The third-order valence-corrected chi connectivity index (χ3v) is 1.75. The Balaban J connectivity index is 3.93. The minimum absolute atomic E-state index is 0.508. The van der Waals surface area contributed by atoms with Gasteiger partial charge in [0.15, 0.2) is 5.78 Å². The second-order valence-electron chi connectivity index (χ2n) is 3.14. The predicted octanol–water partition coefficient (Wildman–Crippen LogP) is 2.22. The van der Waals surface area contributed by atoms with Crippen LogP contribution in [0, 0.1) is 0 Å². The van der Waals surface area contributed by atoms with Gasteiger partial charge in [-0.2, -0.15) is 0 Å². The van der Waals surface area contributed by atoms with Crippen molar-refractivity contribution in [3.8, 4) is 0 Å². The quantitative estimate of drug-likeness (QED) is 0.385. The normalized spacial score (nSPS) is 11.9. The second kappa shape index (κ2) is 7.79. The van der Waals surface area contributed by atoms with Crippen molar-refractivity contribution >= 4 is 11.8 Å². The molecule has 0 aliphatic carbocycles. The lowest BCUT2D eigenvalue weighted by atomic mass is 10.2. The molecular weight excluding hydrogens is 196 g/mol. The van der Waals surface area contributed by atoms with Crippen LogP contribution in [0.2, 0.25) is 0 Å². The van der Waals surface area contributed by atoms with Gasteiger partial charge in [0, 0.05) is 6.08 Å². The Hall–Kier alpha value is -1.58. The standard InChI is InChI=1S/C11H16O4/c1-2-3-4-5-6-7-9(12)8-10(13)11(14)15/h6-8,13H,2-5H2,1H3,(H,14,15)/b7-6+,10-8-. The van der Waals surface area contributed by atoms with Gasteiger partial charge in [0.1, 0.15) is 0 Å². The first kappa shape index (κ1) is 13.4. The van der Waals surface area contributed by atoms with Crippen LogP contribution < -0.4 is 0 Å². The van der Waals surface area contributed by atoms with Gasteiger partial charge in [-0.25, -0.2) is 4.79 Å². The molecule has 15 heavy (non-hydrogen) atoms. The number of carboxylic acid groups (broad SMARTS) is 1. The number of rotatable bonds is 7. The van der Waals surface area contributed by atoms with Crippen LogP contribution >= 0.6 is 0 Å². The summed E-state index contributed by atoms with van der Waals surface area (Å²) in [4.78, 5) is 21.2. The van der Waals surface area contributed by atoms with Crippen LogP contribution in [0.5, 0.6) is 0 Å². The summed E-state index contributed by atoms with van der Waals surface area (Å²) in [5.41, 5.74) is 0. The van der Waals surface area contributed by atoms with Crippen molar-refractivity contribution in [3.63, 3.8) is 0 Å². The van der Waals surface area contributed by atoms with Crippen LogP contribution in [0.3, 0.4) is 0 Å². The largest absolute Gasteiger partial charge is 0.502 e. The van der Waals surface area contributed by atoms with Crippen molar-refractivity contribution in [2.75, 3.05) is 0 Å². The van der Waals surface area contributed by atoms with Crippen LogP contribution in [0.4, 0.5) is 0 Å². The number of hydrogen-bond donors (Lipinski definition) is 2. The fourth-order valence-electron chi connectivity index (χ4n) is 0.956. The Morgan fingerprint density at radius 2 is 1.87 bits per heavy atom. The zero-order valence-electron chi connectivity index (χ0n) is 8.77. The molecule has 0 fully saturated rings. The molecule has 0 aliphatic heterocycles. The summed E-state index contributed by atoms with van der Waals surface area (Å²) in [6.07, 6.45) is 7.67. The van der Waals surface area contributed by atoms with E-state index in [-0.39, 0.29) is 0 Å². The molecule has 0 aromatic carbocycles. The zero-order chi connectivity index (χ0) is 11.7. The van der Waals surface area contributed by atoms with E-state index in [0.717, 1.165) is 25.7 Å². The van der Waals surface area contributed by atoms with Crippen molar-refractivity contribution in [3.05, 3.63) is 24.0 Å². The van der Waals surface area contributed by atoms with Gasteiger partial charge in [0.2, 0.25) is 5.76 Å². The number of allylic oxidation sites excluding steroid dienone is 3. The van der Waals surface area contributed by atoms with E-state index >= 15 is 0 Å². The van der Waals surface area contributed by atoms with Crippen LogP contribution in [-0.4, -0.2) is 22.0 Å². The van der Waals surface area contributed by atoms with Crippen molar-refractivity contribution in [2.45, 2.75) is 32.6 Å². The maximum absolute atomic E-state index is 11.0. The van der Waals surface area contributed by atoms with E-state index < -0.39 is 17.5 Å². The van der Waals surface area contributed by atoms with Crippen molar-refractivity contribution in [1.82, 2.24) is 0 Å². The smallest absolute Gasteiger partial charge is 0.371 e. The number of carboxylic acids is 1. The minimum Gasteiger partial charge on any atom is -0.502 e. The Morgan fingerprint density at radius 3 is 2.40 bits per heavy atom. The molecule has 0 aromatic rings. The van der Waals surface area contributed by atoms with Gasteiger partial charge in [0.05, 0.1) is 0 Å². The molecule has 0 heterocycles. The SMILES string of the molecule is CCCCC/C=C/C(=O)/C=C(\O)C(=O)O. The monoisotopic (exact) mass is 212 g/mol. The summed E-state index contributed by atoms with van der Waals surface area (Å²) in [6.45, 7) is 2.09. The number of ketones is 1. The molecule has 0 spiro atoms. The van der Waals surface area contributed by atoms with Crippen LogP contribution in [0.15, 0.2) is 24.0 Å². The third-order valence-electron chi connectivity index (χ3n) is 1.75. The van der Waals surface area contributed by atoms with Gasteiger partial charge >= 0.3 is 5.97 Å². The van der Waals surface area contributed by atoms with Gasteiger partial charge in [0.25, 0.3) is 0 Å². The molecule has 0 aliphatic rings. The van der Waals surface area contributed by atoms with E-state index in [9.17, 15) is 9.59 Å². The molecule has 0 saturated carbocycles. The molecule has 0 amide bonds. The molecule has 0 rings (SSSR count). The number of carbonyl (C=O) groups excluding carboxylic acids is 1. The molecule has 0 unspecified atom stereocenters. The molecule has 0 aromatic heterocycles. The fourth-order valence-corrected chi connectivity index (χ4v) is 0.956. The molecule has 0 saturated heterocycles. The van der Waals surface area contributed by atoms with E-state index in [2.05, 4.69) is 6.92 Å². The number of hydrogen-bond acceptors (Lipinski definition) is 3. The summed E-state index contributed by atoms with van der Waals surface area (Å²) in [5, 5.41) is 17.0. The fraction of sp³-hybridized carbons (Fsp3) is 0.455. The summed E-state index contributed by atoms with van der Waals surface area (Å²) >= 11 is 0. The summed E-state index contributed by atoms with van der Waals surface area (Å²) < 4.78 is 0. The minimum atomic E-state index is -1.50. The van der Waals surface area contributed by atoms with Crippen LogP contribution in [-0.2, 0) is 9.59 Å². The predicted molar refractivity (Wildman–Crippen MR) is 56.6 cm³/mol. The summed E-state index contributed by atoms with van der Waals surface area (Å²) in [5.74, 6) is -2.94. The third kappa shape index (κ3) is 7.49. The Labute approximate surface area is 88.9 Å². The molecule has 2 N–H and O–H groups in total. The number of aliphatic carboxylic acids is 1. The van der Waals surface area contributed by atoms with Gasteiger partial charge in [-0.05, 0) is 18.9 Å². The zero-order valence-corrected chi connectivity index (χ0v) is 8.77. The van der Waals surface area contributed by atoms with E-state index in [1.807, 2.05) is 0 Å². The first-order valence-electron chi connectivity index (χ1n) is 4.92. The molecule has 0 bridgehead atoms. The van der Waals surface area contributed by atoms with Crippen molar-refractivity contribution < 1.29 is 19.8 Å². The number of aliphatic hydroxyl groups is 1. The van der Waals surface area contributed by atoms with Crippen molar-refractivity contribution in [1.29, 1.82) is 0 Å². The molecular formula is C11H16O4. The first-order valence-corrected chi connectivity index (χ1v) is 4.92. The molecule has 4 heteroatoms. The van der Waals surface area contributed by atoms with Gasteiger partial charge in [-0.1, -0.05) is 25.8 Å². The van der Waals surface area contributed by atoms with E-state index in [4.69, 9.17) is 10.2 Å². The first-order chi connectivity index (χ1) is 7.07. The molecule has 84 valence electrons. The Bertz CT molecular complexity index is 276. The maximum atomic E-state index is 11.0. The molecule has 0 atom stereocenters. The molecule has 0 radical (unpaired) electrons. The number of unbranched alkanes of at least 4 members (excludes halogenated alkanes) is 3. The Kier molecular flexibility index (Phi) is 6.97. The van der Waals surface area contributed by atoms with E-state index in [1.165, 1.54) is 6.08 Å². The van der Waals surface area contributed by atoms with E-state index in [1.54, 1.807) is 6.08 Å². The molecule has 4 nitrogen and oxygen atoms in total. The number of carbonyl (C=O) groups is 2. The lowest BCUT2D eigenvalue weighted by Crippen LogP contribution is -2.01. The lowest BCUT2D eigenvalue weighted by molar-refractivity contribution is -0.135. The van der Waals surface area contributed by atoms with Crippen molar-refractivity contribution in [2.24, 2.45) is 0 Å². The topological polar surface area (TPSA) is 74.6 Å². The van der Waals surface area contributed by atoms with E-state index in [0.29, 0.717) is 6.08 Å². The van der Waals surface area contributed by atoms with Crippen LogP contribution in [0.25, 0.3) is 0 Å². The highest BCUT2D eigenvalue weighted by atomic mass is 16.4. The van der Waals surface area contributed by atoms with Gasteiger partial charge in [-0.3, -0.25) is 4.79 Å². The maximum Gasteiger partial charge on any atom is 0.371 e. The highest BCUT2D eigenvalue weighted by Gasteiger charge is 2.04. The average Bonchev–Trinajstić information content (AvgIpc) is 2.17. The highest BCUT2D eigenvalue weighted by Crippen LogP contribution is 2.00. The number of aliphatic hydroxyl groups excluding tert-OH is 1. The van der Waals surface area contributed by atoms with Crippen LogP contribution in [0.1, 0.15) is 32.6 Å². The lowest BCUT2D eigenvalue weighted by Gasteiger charge is -1.91. The average molecular weight is 212 g/mol. The highest BCUT2D eigenvalue weighted by molar-refractivity contribution is 6.03. The van der Waals surface area contributed by atoms with Gasteiger partial charge in [-0.15, -0.1) is 0 Å². The Morgan fingerprint density at radius 1 is 1.20 bits per heavy atom.